The van der Waals surface area contributed by atoms with Crippen LogP contribution in [-0.2, 0) is 52.4 Å². The van der Waals surface area contributed by atoms with Crippen LogP contribution in [-0.4, -0.2) is 65.1 Å². The SMILES string of the molecule is C=C(C)C(=O)OC(C)(CC)C1CCCCC1.C=C(C)C(=O)OC(CC)(CC)CC.C=C(C)C(=O)OC1(C)CCCC1.C=C(C)C(=O)OC1(CC)CCCCCCC1.C=C(C)C(=O)OCOC1C2CC3CC(C2)CC1C3. The predicted molar refractivity (Wildman–Crippen MR) is 302 cm³/mol. The Bertz CT molecular complexity index is 1820. The van der Waals surface area contributed by atoms with Crippen molar-refractivity contribution in [2.45, 2.75) is 279 Å². The number of rotatable bonds is 18. The van der Waals surface area contributed by atoms with Gasteiger partial charge in [-0.2, -0.15) is 0 Å². The Labute approximate surface area is 456 Å². The van der Waals surface area contributed by atoms with Gasteiger partial charge in [-0.05, 0) is 206 Å². The van der Waals surface area contributed by atoms with Crippen molar-refractivity contribution in [2.24, 2.45) is 29.6 Å². The fraction of sp³-hybridized carbons (Fsp3) is 0.766. The molecule has 11 heteroatoms. The summed E-state index contributed by atoms with van der Waals surface area (Å²) in [6.45, 7) is 40.9. The van der Waals surface area contributed by atoms with Crippen LogP contribution < -0.4 is 0 Å². The maximum Gasteiger partial charge on any atom is 0.335 e. The molecule has 0 spiro atoms. The molecule has 1 atom stereocenters. The van der Waals surface area contributed by atoms with Gasteiger partial charge in [-0.1, -0.05) is 106 Å². The molecule has 7 aliphatic carbocycles. The molecule has 0 heterocycles. The summed E-state index contributed by atoms with van der Waals surface area (Å²) < 4.78 is 33.0. The summed E-state index contributed by atoms with van der Waals surface area (Å²) in [6, 6.07) is 0. The predicted octanol–water partition coefficient (Wildman–Crippen LogP) is 16.3. The maximum atomic E-state index is 11.7. The van der Waals surface area contributed by atoms with Crippen molar-refractivity contribution < 1.29 is 52.4 Å². The summed E-state index contributed by atoms with van der Waals surface area (Å²) in [7, 11) is 0. The summed E-state index contributed by atoms with van der Waals surface area (Å²) in [5, 5.41) is 0. The van der Waals surface area contributed by atoms with Gasteiger partial charge in [-0.3, -0.25) is 0 Å². The van der Waals surface area contributed by atoms with Crippen molar-refractivity contribution in [2.75, 3.05) is 6.79 Å². The Morgan fingerprint density at radius 3 is 1.31 bits per heavy atom. The summed E-state index contributed by atoms with van der Waals surface area (Å²) in [4.78, 5) is 57.1. The summed E-state index contributed by atoms with van der Waals surface area (Å²) >= 11 is 0. The molecule has 7 rings (SSSR count). The molecule has 0 saturated heterocycles. The zero-order chi connectivity index (χ0) is 56.6. The van der Waals surface area contributed by atoms with Gasteiger partial charge < -0.3 is 28.4 Å². The first-order chi connectivity index (χ1) is 35.3. The van der Waals surface area contributed by atoms with Crippen molar-refractivity contribution in [3.05, 3.63) is 60.8 Å². The molecule has 428 valence electrons. The van der Waals surface area contributed by atoms with Crippen LogP contribution in [0.3, 0.4) is 0 Å². The highest BCUT2D eigenvalue weighted by atomic mass is 16.7. The monoisotopic (exact) mass is 1050 g/mol. The van der Waals surface area contributed by atoms with Crippen molar-refractivity contribution in [1.29, 1.82) is 0 Å². The highest BCUT2D eigenvalue weighted by Gasteiger charge is 2.49. The lowest BCUT2D eigenvalue weighted by molar-refractivity contribution is -0.183. The van der Waals surface area contributed by atoms with Gasteiger partial charge in [-0.25, -0.2) is 24.0 Å². The number of hydrogen-bond acceptors (Lipinski definition) is 11. The van der Waals surface area contributed by atoms with E-state index in [1.54, 1.807) is 34.6 Å². The second-order valence-corrected chi connectivity index (χ2v) is 23.8. The van der Waals surface area contributed by atoms with Gasteiger partial charge >= 0.3 is 29.8 Å². The van der Waals surface area contributed by atoms with Crippen molar-refractivity contribution in [1.82, 2.24) is 0 Å². The highest BCUT2D eigenvalue weighted by molar-refractivity contribution is 5.88. The summed E-state index contributed by atoms with van der Waals surface area (Å²) in [5.41, 5.74) is 1.40. The maximum absolute atomic E-state index is 11.7. The Morgan fingerprint density at radius 1 is 0.493 bits per heavy atom. The first-order valence-corrected chi connectivity index (χ1v) is 29.3. The number of esters is 5. The summed E-state index contributed by atoms with van der Waals surface area (Å²) in [5.74, 6) is 2.51. The van der Waals surface area contributed by atoms with Crippen LogP contribution in [0.15, 0.2) is 60.8 Å². The topological polar surface area (TPSA) is 141 Å². The first kappa shape index (κ1) is 67.1. The van der Waals surface area contributed by atoms with E-state index in [-0.39, 0.29) is 59.0 Å². The lowest BCUT2D eigenvalue weighted by atomic mass is 9.55. The average molecular weight is 1050 g/mol. The lowest BCUT2D eigenvalue weighted by Crippen LogP contribution is -2.49. The number of carbonyl (C=O) groups is 5. The highest BCUT2D eigenvalue weighted by Crippen LogP contribution is 2.54. The minimum Gasteiger partial charge on any atom is -0.456 e. The Morgan fingerprint density at radius 2 is 0.893 bits per heavy atom. The van der Waals surface area contributed by atoms with Crippen molar-refractivity contribution in [3.8, 4) is 0 Å². The van der Waals surface area contributed by atoms with Crippen molar-refractivity contribution in [3.63, 3.8) is 0 Å². The van der Waals surface area contributed by atoms with E-state index in [9.17, 15) is 24.0 Å². The van der Waals surface area contributed by atoms with Crippen molar-refractivity contribution >= 4 is 29.8 Å². The molecule has 7 saturated carbocycles. The molecule has 1 unspecified atom stereocenters. The molecule has 7 fully saturated rings. The largest absolute Gasteiger partial charge is 0.456 e. The van der Waals surface area contributed by atoms with Crippen LogP contribution in [0.4, 0.5) is 0 Å². The molecule has 0 aromatic rings. The Hall–Kier alpha value is -3.99. The van der Waals surface area contributed by atoms with Crippen LogP contribution in [0.5, 0.6) is 0 Å². The minimum absolute atomic E-state index is 0.0959. The molecular weight excluding hydrogens is 945 g/mol. The third kappa shape index (κ3) is 22.5. The number of ether oxygens (including phenoxy) is 6. The molecule has 11 nitrogen and oxygen atoms in total. The van der Waals surface area contributed by atoms with Gasteiger partial charge in [-0.15, -0.1) is 0 Å². The number of hydrogen-bond donors (Lipinski definition) is 0. The molecular formula is C64H106O11. The van der Waals surface area contributed by atoms with E-state index in [1.807, 2.05) is 27.7 Å². The Balaban J connectivity index is 0.000000324. The fourth-order valence-electron chi connectivity index (χ4n) is 12.0. The third-order valence-corrected chi connectivity index (χ3v) is 17.3. The number of carbonyl (C=O) groups excluding carboxylic acids is 5. The van der Waals surface area contributed by atoms with Crippen LogP contribution in [0, 0.1) is 29.6 Å². The van der Waals surface area contributed by atoms with Gasteiger partial charge in [0.15, 0.2) is 6.79 Å². The van der Waals surface area contributed by atoms with E-state index < -0.39 is 0 Å². The van der Waals surface area contributed by atoms with Gasteiger partial charge in [0, 0.05) is 27.9 Å². The Kier molecular flexibility index (Phi) is 29.2. The van der Waals surface area contributed by atoms with Crippen LogP contribution in [0.2, 0.25) is 0 Å². The molecule has 0 aromatic carbocycles. The molecule has 0 N–H and O–H groups in total. The zero-order valence-corrected chi connectivity index (χ0v) is 49.6. The van der Waals surface area contributed by atoms with Crippen LogP contribution >= 0.6 is 0 Å². The van der Waals surface area contributed by atoms with Gasteiger partial charge in [0.05, 0.1) is 6.10 Å². The minimum atomic E-state index is -0.348. The molecule has 7 aliphatic rings. The standard InChI is InChI=1S/C15H22O3.2C14H24O2.C11H20O2.C10H16O2/c1-9(2)15(16)18-8-17-14-12-4-10-3-11(6-12)7-13(14)5-10;1-5-14(4,16-13(15)11(2)3)12-9-7-6-8-10-12;1-4-14(16-13(15)12(2)3)10-8-6-5-7-9-11-14;1-6-11(7-2,8-3)13-10(12)9(4)5;1-8(2)9(11)12-10(3)6-4-5-7-10/h10-14H,1,3-8H2,2H3;12H,2,5-10H2,1,3-4H3;2,4-11H2,1,3H3;4,6-8H2,1-3,5H3;1,4-7H2,2-3H3. The molecule has 0 aliphatic heterocycles. The average Bonchev–Trinajstić information content (AvgIpc) is 3.80. The van der Waals surface area contributed by atoms with E-state index >= 15 is 0 Å². The van der Waals surface area contributed by atoms with E-state index in [4.69, 9.17) is 28.4 Å². The van der Waals surface area contributed by atoms with E-state index in [1.165, 1.54) is 109 Å². The molecule has 75 heavy (non-hydrogen) atoms. The normalized spacial score (nSPS) is 23.9. The third-order valence-electron chi connectivity index (χ3n) is 17.3. The van der Waals surface area contributed by atoms with Crippen LogP contribution in [0.1, 0.15) is 250 Å². The molecule has 0 amide bonds. The zero-order valence-electron chi connectivity index (χ0n) is 49.6. The first-order valence-electron chi connectivity index (χ1n) is 29.3. The lowest BCUT2D eigenvalue weighted by Gasteiger charge is -2.53. The second-order valence-electron chi connectivity index (χ2n) is 23.8. The van der Waals surface area contributed by atoms with Gasteiger partial charge in [0.25, 0.3) is 0 Å². The van der Waals surface area contributed by atoms with Gasteiger partial charge in [0.1, 0.15) is 22.4 Å². The smallest absolute Gasteiger partial charge is 0.335 e. The van der Waals surface area contributed by atoms with E-state index in [0.29, 0.717) is 51.7 Å². The quantitative estimate of drug-likeness (QED) is 0.0560. The van der Waals surface area contributed by atoms with Crippen LogP contribution in [0.25, 0.3) is 0 Å². The van der Waals surface area contributed by atoms with E-state index in [0.717, 1.165) is 69.6 Å². The fourth-order valence-corrected chi connectivity index (χ4v) is 12.0. The van der Waals surface area contributed by atoms with E-state index in [2.05, 4.69) is 53.7 Å². The summed E-state index contributed by atoms with van der Waals surface area (Å²) in [6.07, 6.45) is 30.3. The molecule has 0 aromatic heterocycles. The second kappa shape index (κ2) is 32.7. The molecule has 4 bridgehead atoms. The molecule has 0 radical (unpaired) electrons. The van der Waals surface area contributed by atoms with Gasteiger partial charge in [0.2, 0.25) is 0 Å².